The Balaban J connectivity index is 1.62. The van der Waals surface area contributed by atoms with E-state index in [0.29, 0.717) is 39.2 Å². The summed E-state index contributed by atoms with van der Waals surface area (Å²) in [7, 11) is 1.64. The molecule has 27 heavy (non-hydrogen) atoms. The van der Waals surface area contributed by atoms with Gasteiger partial charge in [0.1, 0.15) is 11.9 Å². The first-order valence-corrected chi connectivity index (χ1v) is 9.82. The maximum absolute atomic E-state index is 12.9. The van der Waals surface area contributed by atoms with Crippen LogP contribution in [0.4, 0.5) is 0 Å². The Morgan fingerprint density at radius 2 is 1.85 bits per heavy atom. The summed E-state index contributed by atoms with van der Waals surface area (Å²) in [5.41, 5.74) is 3.10. The van der Waals surface area contributed by atoms with Gasteiger partial charge in [-0.25, -0.2) is 0 Å². The largest absolute Gasteiger partial charge is 0.496 e. The molecule has 0 radical (unpaired) electrons. The third kappa shape index (κ3) is 4.61. The van der Waals surface area contributed by atoms with Crippen LogP contribution in [0.3, 0.4) is 0 Å². The van der Waals surface area contributed by atoms with E-state index in [0.717, 1.165) is 41.7 Å². The lowest BCUT2D eigenvalue weighted by Gasteiger charge is -2.24. The molecule has 0 saturated carbocycles. The van der Waals surface area contributed by atoms with E-state index in [1.807, 2.05) is 29.7 Å². The molecule has 1 atom stereocenters. The molecule has 3 rings (SSSR count). The van der Waals surface area contributed by atoms with Gasteiger partial charge in [0.2, 0.25) is 5.91 Å². The Hall–Kier alpha value is -2.08. The van der Waals surface area contributed by atoms with Crippen molar-refractivity contribution in [3.8, 4) is 5.75 Å². The van der Waals surface area contributed by atoms with E-state index < -0.39 is 0 Å². The lowest BCUT2D eigenvalue weighted by Crippen LogP contribution is -2.42. The molecule has 2 aliphatic rings. The average Bonchev–Trinajstić information content (AvgIpc) is 3.05. The van der Waals surface area contributed by atoms with E-state index in [2.05, 4.69) is 6.07 Å². The number of methoxy groups -OCH3 is 1. The minimum absolute atomic E-state index is 0.0813. The van der Waals surface area contributed by atoms with Crippen LogP contribution in [0.25, 0.3) is 0 Å². The van der Waals surface area contributed by atoms with E-state index in [-0.39, 0.29) is 17.9 Å². The second kappa shape index (κ2) is 8.74. The topological polar surface area (TPSA) is 59.1 Å². The number of carbonyl (C=O) groups excluding carboxylic acids is 2. The molecular weight excluding hydrogens is 344 g/mol. The van der Waals surface area contributed by atoms with Gasteiger partial charge in [-0.3, -0.25) is 9.59 Å². The number of amides is 2. The zero-order valence-corrected chi connectivity index (χ0v) is 16.6. The number of benzene rings is 1. The quantitative estimate of drug-likeness (QED) is 0.810. The molecule has 0 spiro atoms. The summed E-state index contributed by atoms with van der Waals surface area (Å²) >= 11 is 0. The third-order valence-corrected chi connectivity index (χ3v) is 5.41. The minimum atomic E-state index is -0.285. The second-order valence-corrected chi connectivity index (χ2v) is 7.51. The molecule has 2 aliphatic heterocycles. The highest BCUT2D eigenvalue weighted by molar-refractivity contribution is 5.82. The van der Waals surface area contributed by atoms with Crippen molar-refractivity contribution in [3.63, 3.8) is 0 Å². The average molecular weight is 374 g/mol. The molecule has 0 N–H and O–H groups in total. The number of hydrogen-bond acceptors (Lipinski definition) is 4. The van der Waals surface area contributed by atoms with Crippen molar-refractivity contribution >= 4 is 11.8 Å². The van der Waals surface area contributed by atoms with Crippen LogP contribution >= 0.6 is 0 Å². The molecular formula is C21H30N2O4. The Bertz CT molecular complexity index is 698. The maximum atomic E-state index is 12.9. The van der Waals surface area contributed by atoms with Crippen LogP contribution < -0.4 is 4.74 Å². The summed E-state index contributed by atoms with van der Waals surface area (Å²) in [5, 5.41) is 0. The van der Waals surface area contributed by atoms with Crippen LogP contribution in [0.1, 0.15) is 36.0 Å². The highest BCUT2D eigenvalue weighted by Crippen LogP contribution is 2.26. The van der Waals surface area contributed by atoms with E-state index >= 15 is 0 Å². The van der Waals surface area contributed by atoms with Crippen LogP contribution in [-0.4, -0.2) is 67.6 Å². The number of carbonyl (C=O) groups is 2. The van der Waals surface area contributed by atoms with Crippen LogP contribution in [0.2, 0.25) is 0 Å². The van der Waals surface area contributed by atoms with E-state index in [1.54, 1.807) is 7.11 Å². The monoisotopic (exact) mass is 374 g/mol. The van der Waals surface area contributed by atoms with Gasteiger partial charge in [-0.15, -0.1) is 0 Å². The number of aryl methyl sites for hydroxylation is 2. The summed E-state index contributed by atoms with van der Waals surface area (Å²) in [6.45, 7) is 7.23. The highest BCUT2D eigenvalue weighted by atomic mass is 16.5. The molecule has 1 unspecified atom stereocenters. The van der Waals surface area contributed by atoms with Crippen molar-refractivity contribution in [1.82, 2.24) is 9.80 Å². The summed E-state index contributed by atoms with van der Waals surface area (Å²) in [5.74, 6) is 0.960. The van der Waals surface area contributed by atoms with Gasteiger partial charge in [0.15, 0.2) is 0 Å². The number of nitrogens with zero attached hydrogens (tertiary/aromatic N) is 2. The molecule has 2 heterocycles. The van der Waals surface area contributed by atoms with Crippen LogP contribution in [0, 0.1) is 13.8 Å². The van der Waals surface area contributed by atoms with Gasteiger partial charge in [0.05, 0.1) is 13.5 Å². The van der Waals surface area contributed by atoms with Crippen molar-refractivity contribution in [1.29, 1.82) is 0 Å². The van der Waals surface area contributed by atoms with Crippen LogP contribution in [0.15, 0.2) is 12.1 Å². The molecule has 6 nitrogen and oxygen atoms in total. The third-order valence-electron chi connectivity index (χ3n) is 5.41. The lowest BCUT2D eigenvalue weighted by molar-refractivity contribution is -0.141. The summed E-state index contributed by atoms with van der Waals surface area (Å²) in [6.07, 6.45) is 2.60. The van der Waals surface area contributed by atoms with Crippen molar-refractivity contribution < 1.29 is 19.1 Å². The fraction of sp³-hybridized carbons (Fsp3) is 0.619. The van der Waals surface area contributed by atoms with Crippen molar-refractivity contribution in [2.24, 2.45) is 0 Å². The van der Waals surface area contributed by atoms with Gasteiger partial charge >= 0.3 is 0 Å². The molecule has 0 aromatic heterocycles. The van der Waals surface area contributed by atoms with Gasteiger partial charge in [0, 0.05) is 38.3 Å². The Morgan fingerprint density at radius 1 is 1.11 bits per heavy atom. The van der Waals surface area contributed by atoms with E-state index in [4.69, 9.17) is 9.47 Å². The van der Waals surface area contributed by atoms with Crippen LogP contribution in [-0.2, 0) is 20.7 Å². The summed E-state index contributed by atoms with van der Waals surface area (Å²) in [4.78, 5) is 29.2. The fourth-order valence-electron chi connectivity index (χ4n) is 4.10. The molecule has 2 amide bonds. The van der Waals surface area contributed by atoms with Gasteiger partial charge in [-0.05, 0) is 38.7 Å². The first-order valence-electron chi connectivity index (χ1n) is 9.82. The first-order chi connectivity index (χ1) is 13.0. The Labute approximate surface area is 161 Å². The second-order valence-electron chi connectivity index (χ2n) is 7.51. The predicted octanol–water partition coefficient (Wildman–Crippen LogP) is 2.09. The van der Waals surface area contributed by atoms with Crippen molar-refractivity contribution in [2.75, 3.05) is 39.9 Å². The Morgan fingerprint density at radius 3 is 2.56 bits per heavy atom. The van der Waals surface area contributed by atoms with Gasteiger partial charge in [-0.2, -0.15) is 0 Å². The fourth-order valence-corrected chi connectivity index (χ4v) is 4.10. The first kappa shape index (κ1) is 19.7. The number of rotatable bonds is 4. The number of hydrogen-bond donors (Lipinski definition) is 0. The molecule has 148 valence electrons. The zero-order chi connectivity index (χ0) is 19.4. The molecule has 1 aromatic carbocycles. The molecule has 6 heteroatoms. The normalized spacial score (nSPS) is 20.5. The SMILES string of the molecule is COc1c(C)cc(C)cc1CC(=O)N1CCCN(C(=O)C2CCCO2)CC1. The van der Waals surface area contributed by atoms with E-state index in [1.165, 1.54) is 0 Å². The Kier molecular flexibility index (Phi) is 6.37. The van der Waals surface area contributed by atoms with E-state index in [9.17, 15) is 9.59 Å². The summed E-state index contributed by atoms with van der Waals surface area (Å²) < 4.78 is 11.0. The zero-order valence-electron chi connectivity index (χ0n) is 16.6. The minimum Gasteiger partial charge on any atom is -0.496 e. The smallest absolute Gasteiger partial charge is 0.251 e. The lowest BCUT2D eigenvalue weighted by atomic mass is 10.0. The van der Waals surface area contributed by atoms with Crippen molar-refractivity contribution in [3.05, 3.63) is 28.8 Å². The summed E-state index contributed by atoms with van der Waals surface area (Å²) in [6, 6.07) is 4.09. The van der Waals surface area contributed by atoms with Crippen LogP contribution in [0.5, 0.6) is 5.75 Å². The predicted molar refractivity (Wildman–Crippen MR) is 103 cm³/mol. The molecule has 1 aromatic rings. The molecule has 2 fully saturated rings. The van der Waals surface area contributed by atoms with Gasteiger partial charge in [-0.1, -0.05) is 17.7 Å². The molecule has 0 bridgehead atoms. The maximum Gasteiger partial charge on any atom is 0.251 e. The number of ether oxygens (including phenoxy) is 2. The highest BCUT2D eigenvalue weighted by Gasteiger charge is 2.30. The molecule has 0 aliphatic carbocycles. The standard InChI is InChI=1S/C21H30N2O4/c1-15-12-16(2)20(26-3)17(13-15)14-19(24)22-7-5-8-23(10-9-22)21(25)18-6-4-11-27-18/h12-13,18H,4-11,14H2,1-3H3. The van der Waals surface area contributed by atoms with Gasteiger partial charge < -0.3 is 19.3 Å². The van der Waals surface area contributed by atoms with Crippen molar-refractivity contribution in [2.45, 2.75) is 45.6 Å². The molecule has 2 saturated heterocycles. The van der Waals surface area contributed by atoms with Gasteiger partial charge in [0.25, 0.3) is 5.91 Å².